The van der Waals surface area contributed by atoms with Crippen molar-refractivity contribution in [2.45, 2.75) is 95.7 Å². The number of H-pyrrole nitrogens is 1. The maximum absolute atomic E-state index is 15.7. The highest BCUT2D eigenvalue weighted by molar-refractivity contribution is 7.57. The van der Waals surface area contributed by atoms with Gasteiger partial charge in [0.2, 0.25) is 5.91 Å². The van der Waals surface area contributed by atoms with Gasteiger partial charge in [0.15, 0.2) is 11.9 Å². The second-order valence-corrected chi connectivity index (χ2v) is 15.2. The van der Waals surface area contributed by atoms with E-state index in [1.54, 1.807) is 30.3 Å². The van der Waals surface area contributed by atoms with E-state index >= 15 is 4.39 Å². The van der Waals surface area contributed by atoms with Gasteiger partial charge in [-0.05, 0) is 70.4 Å². The minimum Gasteiger partial charge on any atom is -0.433 e. The lowest BCUT2D eigenvalue weighted by atomic mass is 9.97. The molecule has 11 nitrogen and oxygen atoms in total. The lowest BCUT2D eigenvalue weighted by molar-refractivity contribution is -0.120. The van der Waals surface area contributed by atoms with Crippen LogP contribution in [0.2, 0.25) is 0 Å². The third-order valence-electron chi connectivity index (χ3n) is 8.46. The number of aliphatic hydroxyl groups excluding tert-OH is 1. The monoisotopic (exact) mass is 766 g/mol. The molecular weight excluding hydrogens is 710 g/mol. The number of rotatable bonds is 24. The summed E-state index contributed by atoms with van der Waals surface area (Å²) in [4.78, 5) is 38.2. The first-order chi connectivity index (χ1) is 26.1. The Kier molecular flexibility index (Phi) is 19.7. The van der Waals surface area contributed by atoms with Gasteiger partial charge in [0, 0.05) is 31.8 Å². The van der Waals surface area contributed by atoms with Crippen molar-refractivity contribution in [2.24, 2.45) is 0 Å². The van der Waals surface area contributed by atoms with Crippen molar-refractivity contribution < 1.29 is 28.1 Å². The van der Waals surface area contributed by atoms with Crippen molar-refractivity contribution in [1.82, 2.24) is 20.0 Å². The Labute approximate surface area is 318 Å². The van der Waals surface area contributed by atoms with Gasteiger partial charge in [-0.3, -0.25) is 23.7 Å². The number of para-hydroxylation sites is 1. The van der Waals surface area contributed by atoms with E-state index in [0.717, 1.165) is 62.3 Å². The summed E-state index contributed by atoms with van der Waals surface area (Å²) >= 11 is 0. The number of aromatic nitrogens is 2. The number of carbonyl (C=O) groups excluding carboxylic acids is 1. The lowest BCUT2D eigenvalue weighted by Gasteiger charge is -2.25. The Hall–Kier alpha value is -4.35. The Morgan fingerprint density at radius 1 is 0.926 bits per heavy atom. The largest absolute Gasteiger partial charge is 0.433 e. The van der Waals surface area contributed by atoms with Gasteiger partial charge in [-0.15, -0.1) is 0 Å². The van der Waals surface area contributed by atoms with Gasteiger partial charge in [-0.2, -0.15) is 0 Å². The molecule has 1 saturated heterocycles. The number of carbonyl (C=O) groups is 1. The van der Waals surface area contributed by atoms with Gasteiger partial charge in [0.05, 0.1) is 12.3 Å². The van der Waals surface area contributed by atoms with Crippen LogP contribution in [0.3, 0.4) is 0 Å². The molecule has 1 aliphatic heterocycles. The van der Waals surface area contributed by atoms with Crippen LogP contribution >= 0.6 is 7.52 Å². The van der Waals surface area contributed by atoms with Crippen molar-refractivity contribution in [3.63, 3.8) is 0 Å². The molecule has 1 aromatic carbocycles. The van der Waals surface area contributed by atoms with Crippen molar-refractivity contribution >= 4 is 13.4 Å². The number of allylic oxidation sites excluding steroid dienone is 12. The molecule has 5 atom stereocenters. The number of ether oxygens (including phenoxy) is 1. The van der Waals surface area contributed by atoms with E-state index in [1.165, 1.54) is 0 Å². The average Bonchev–Trinajstić information content (AvgIpc) is 3.37. The predicted octanol–water partition coefficient (Wildman–Crippen LogP) is 7.37. The van der Waals surface area contributed by atoms with Gasteiger partial charge in [-0.1, -0.05) is 98.0 Å². The zero-order valence-corrected chi connectivity index (χ0v) is 32.3. The summed E-state index contributed by atoms with van der Waals surface area (Å²) in [6.45, 7) is 3.55. The summed E-state index contributed by atoms with van der Waals surface area (Å²) in [6, 6.07) is 9.57. The number of nitrogens with zero attached hydrogens (tertiary/aromatic N) is 1. The molecule has 0 aliphatic carbocycles. The summed E-state index contributed by atoms with van der Waals surface area (Å²) in [5, 5.41) is 16.5. The van der Waals surface area contributed by atoms with Crippen molar-refractivity contribution in [1.29, 1.82) is 0 Å². The van der Waals surface area contributed by atoms with Crippen LogP contribution in [-0.4, -0.2) is 57.7 Å². The fraction of sp³-hybridized carbons (Fsp3) is 0.439. The van der Waals surface area contributed by atoms with Gasteiger partial charge in [0.25, 0.3) is 5.56 Å². The SMILES string of the molecule is CC/C=C\C/C=C\C/C=C\C/C=C\C/C=C\C/C=C\CCC(=O)NCCNP(=O)(CC[C@H]1O[C@@H](n2ccc(=O)[nH]c2=O)[C@](C)(F)[C@@H]1O)Oc1ccccc1. The second kappa shape index (κ2) is 24.1. The van der Waals surface area contributed by atoms with E-state index in [0.29, 0.717) is 18.6 Å². The zero-order chi connectivity index (χ0) is 39.1. The van der Waals surface area contributed by atoms with Gasteiger partial charge < -0.3 is 19.7 Å². The molecule has 0 bridgehead atoms. The van der Waals surface area contributed by atoms with E-state index in [4.69, 9.17) is 9.26 Å². The molecule has 13 heteroatoms. The number of amides is 1. The normalized spacial score (nSPS) is 21.7. The Morgan fingerprint density at radius 2 is 1.50 bits per heavy atom. The average molecular weight is 767 g/mol. The molecule has 0 radical (unpaired) electrons. The van der Waals surface area contributed by atoms with E-state index < -0.39 is 42.9 Å². The minimum absolute atomic E-state index is 0.0787. The maximum Gasteiger partial charge on any atom is 0.330 e. The molecule has 1 unspecified atom stereocenters. The summed E-state index contributed by atoms with van der Waals surface area (Å²) < 4.78 is 42.1. The fourth-order valence-electron chi connectivity index (χ4n) is 5.53. The molecule has 4 N–H and O–H groups in total. The van der Waals surface area contributed by atoms with Crippen LogP contribution in [0, 0.1) is 0 Å². The number of hydrogen-bond donors (Lipinski definition) is 4. The third kappa shape index (κ3) is 15.9. The van der Waals surface area contributed by atoms with Crippen molar-refractivity contribution in [3.05, 3.63) is 136 Å². The van der Waals surface area contributed by atoms with Gasteiger partial charge >= 0.3 is 13.2 Å². The number of aromatic amines is 1. The lowest BCUT2D eigenvalue weighted by Crippen LogP contribution is -2.43. The summed E-state index contributed by atoms with van der Waals surface area (Å²) in [7, 11) is -3.65. The highest BCUT2D eigenvalue weighted by atomic mass is 31.2. The Balaban J connectivity index is 1.36. The highest BCUT2D eigenvalue weighted by Gasteiger charge is 2.55. The van der Waals surface area contributed by atoms with E-state index in [-0.39, 0.29) is 31.6 Å². The molecule has 0 saturated carbocycles. The van der Waals surface area contributed by atoms with Crippen LogP contribution in [0.4, 0.5) is 4.39 Å². The Morgan fingerprint density at radius 3 is 2.07 bits per heavy atom. The number of aliphatic hydroxyl groups is 1. The first-order valence-electron chi connectivity index (χ1n) is 18.6. The molecule has 2 aromatic rings. The number of nitrogens with one attached hydrogen (secondary N) is 3. The van der Waals surface area contributed by atoms with E-state index in [1.807, 2.05) is 17.1 Å². The van der Waals surface area contributed by atoms with Crippen LogP contribution in [0.5, 0.6) is 5.75 Å². The Bertz CT molecular complexity index is 1760. The van der Waals surface area contributed by atoms with Crippen LogP contribution < -0.4 is 26.2 Å². The first kappa shape index (κ1) is 44.0. The zero-order valence-electron chi connectivity index (χ0n) is 31.4. The van der Waals surface area contributed by atoms with E-state index in [9.17, 15) is 24.1 Å². The molecule has 54 heavy (non-hydrogen) atoms. The van der Waals surface area contributed by atoms with E-state index in [2.05, 4.69) is 78.1 Å². The molecule has 1 fully saturated rings. The molecular formula is C41H56FN4O7P. The van der Waals surface area contributed by atoms with Crippen LogP contribution in [0.1, 0.15) is 77.9 Å². The number of halogens is 1. The molecule has 1 aromatic heterocycles. The summed E-state index contributed by atoms with van der Waals surface area (Å²) in [6.07, 6.45) is 28.6. The summed E-state index contributed by atoms with van der Waals surface area (Å²) in [5.74, 6) is 0.193. The maximum atomic E-state index is 15.7. The molecule has 2 heterocycles. The van der Waals surface area contributed by atoms with Crippen molar-refractivity contribution in [3.8, 4) is 5.75 Å². The summed E-state index contributed by atoms with van der Waals surface area (Å²) in [5.41, 5.74) is -3.93. The number of hydrogen-bond acceptors (Lipinski definition) is 7. The van der Waals surface area contributed by atoms with Crippen LogP contribution in [0.15, 0.2) is 125 Å². The molecule has 1 aliphatic rings. The second-order valence-electron chi connectivity index (χ2n) is 12.9. The van der Waals surface area contributed by atoms with Crippen LogP contribution in [0.25, 0.3) is 0 Å². The minimum atomic E-state index is -3.65. The highest BCUT2D eigenvalue weighted by Crippen LogP contribution is 2.47. The molecule has 3 rings (SSSR count). The van der Waals surface area contributed by atoms with Gasteiger partial charge in [-0.25, -0.2) is 14.3 Å². The van der Waals surface area contributed by atoms with Crippen LogP contribution in [-0.2, 0) is 14.1 Å². The predicted molar refractivity (Wildman–Crippen MR) is 213 cm³/mol. The number of benzene rings is 1. The first-order valence-corrected chi connectivity index (χ1v) is 20.5. The van der Waals surface area contributed by atoms with Gasteiger partial charge in [0.1, 0.15) is 11.9 Å². The molecule has 0 spiro atoms. The fourth-order valence-corrected chi connectivity index (χ4v) is 7.36. The smallest absolute Gasteiger partial charge is 0.330 e. The standard InChI is InChI=1S/C41H56FN4O7P/c1-3-4-5-6-7-8-9-10-11-12-13-14-15-16-17-18-19-20-24-27-36(47)43-30-31-44-54(51,53-34-25-22-21-23-26-34)33-29-35-38(49)41(2,42)39(52-35)46-32-28-37(48)45-40(46)50/h4-5,7-8,10-11,13-14,16-17,19-23,25-26,28,32,35,38-39,49H,3,6,9,12,15,18,24,27,29-31,33H2,1-2H3,(H,43,47)(H,44,51)(H,45,48,50)/b5-4-,8-7-,11-10-,14-13-,17-16-,20-19-/t35-,38-,39-,41-,54?/m1/s1. The topological polar surface area (TPSA) is 152 Å². The quantitative estimate of drug-likeness (QED) is 0.0492. The molecule has 1 amide bonds. The molecule has 294 valence electrons. The third-order valence-corrected chi connectivity index (χ3v) is 10.5. The van der Waals surface area contributed by atoms with Crippen molar-refractivity contribution in [2.75, 3.05) is 19.3 Å². The number of alkyl halides is 1.